The number of fused-ring (bicyclic) bond motifs is 1. The number of anilines is 1. The van der Waals surface area contributed by atoms with Gasteiger partial charge in [0, 0.05) is 11.8 Å². The molecular weight excluding hydrogens is 334 g/mol. The molecule has 4 N–H and O–H groups in total. The molecule has 0 saturated carbocycles. The number of hydrogen-bond donors (Lipinski definition) is 4. The zero-order valence-corrected chi connectivity index (χ0v) is 13.9. The maximum atomic E-state index is 12.2. The molecular formula is C19H17N3O4. The van der Waals surface area contributed by atoms with Crippen LogP contribution in [0.5, 0.6) is 11.5 Å². The number of urea groups is 1. The van der Waals surface area contributed by atoms with E-state index in [-0.39, 0.29) is 11.3 Å². The number of carbonyl (C=O) groups is 2. The maximum absolute atomic E-state index is 12.2. The highest BCUT2D eigenvalue weighted by Crippen LogP contribution is 2.24. The highest BCUT2D eigenvalue weighted by Gasteiger charge is 2.13. The lowest BCUT2D eigenvalue weighted by Gasteiger charge is -2.11. The largest absolute Gasteiger partial charge is 0.507 e. The number of aromatic hydroxyl groups is 1. The van der Waals surface area contributed by atoms with Crippen molar-refractivity contribution >= 4 is 28.4 Å². The number of amides is 3. The standard InChI is InChI=1S/C19H17N3O4/c1-26-15-8-4-7-14(11-15)20-19(25)22-21-18(24)16-9-12-5-2-3-6-13(12)10-17(16)23/h2-11,23H,1H3,(H,21,24)(H2,20,22,25). The second-order valence-corrected chi connectivity index (χ2v) is 5.48. The summed E-state index contributed by atoms with van der Waals surface area (Å²) in [6.07, 6.45) is 0. The molecule has 0 aliphatic heterocycles. The molecule has 3 amide bonds. The van der Waals surface area contributed by atoms with Gasteiger partial charge in [0.1, 0.15) is 11.5 Å². The first-order valence-corrected chi connectivity index (χ1v) is 7.80. The molecule has 0 atom stereocenters. The number of benzene rings is 3. The van der Waals surface area contributed by atoms with E-state index in [1.807, 2.05) is 24.3 Å². The predicted molar refractivity (Wildman–Crippen MR) is 98.2 cm³/mol. The molecule has 3 aromatic rings. The van der Waals surface area contributed by atoms with Crippen LogP contribution in [0.25, 0.3) is 10.8 Å². The number of carbonyl (C=O) groups excluding carboxylic acids is 2. The van der Waals surface area contributed by atoms with Gasteiger partial charge in [0.05, 0.1) is 12.7 Å². The van der Waals surface area contributed by atoms with Crippen LogP contribution in [0, 0.1) is 0 Å². The molecule has 0 bridgehead atoms. The Kier molecular flexibility index (Phi) is 4.89. The van der Waals surface area contributed by atoms with Crippen LogP contribution in [0.2, 0.25) is 0 Å². The molecule has 132 valence electrons. The van der Waals surface area contributed by atoms with Crippen LogP contribution in [-0.4, -0.2) is 24.2 Å². The van der Waals surface area contributed by atoms with Gasteiger partial charge in [0.15, 0.2) is 0 Å². The number of ether oxygens (including phenoxy) is 1. The molecule has 0 heterocycles. The van der Waals surface area contributed by atoms with Crippen molar-refractivity contribution in [2.45, 2.75) is 0 Å². The zero-order chi connectivity index (χ0) is 18.5. The van der Waals surface area contributed by atoms with E-state index in [0.29, 0.717) is 11.4 Å². The highest BCUT2D eigenvalue weighted by molar-refractivity contribution is 6.02. The van der Waals surface area contributed by atoms with Crippen LogP contribution in [0.4, 0.5) is 10.5 Å². The SMILES string of the molecule is COc1cccc(NC(=O)NNC(=O)c2cc3ccccc3cc2O)c1. The summed E-state index contributed by atoms with van der Waals surface area (Å²) in [6, 6.07) is 16.5. The molecule has 3 aromatic carbocycles. The van der Waals surface area contributed by atoms with Crippen molar-refractivity contribution in [3.05, 3.63) is 66.2 Å². The Hall–Kier alpha value is -3.74. The quantitative estimate of drug-likeness (QED) is 0.545. The van der Waals surface area contributed by atoms with E-state index in [1.54, 1.807) is 30.3 Å². The van der Waals surface area contributed by atoms with E-state index in [9.17, 15) is 14.7 Å². The minimum absolute atomic E-state index is 0.0605. The van der Waals surface area contributed by atoms with Crippen molar-refractivity contribution in [2.75, 3.05) is 12.4 Å². The van der Waals surface area contributed by atoms with Crippen LogP contribution in [0.1, 0.15) is 10.4 Å². The van der Waals surface area contributed by atoms with Gasteiger partial charge < -0.3 is 15.2 Å². The van der Waals surface area contributed by atoms with Gasteiger partial charge in [-0.05, 0) is 35.0 Å². The number of nitrogens with one attached hydrogen (secondary N) is 3. The number of hydrazine groups is 1. The molecule has 0 radical (unpaired) electrons. The summed E-state index contributed by atoms with van der Waals surface area (Å²) in [5.41, 5.74) is 5.07. The molecule has 7 heteroatoms. The van der Waals surface area contributed by atoms with Gasteiger partial charge in [-0.3, -0.25) is 10.2 Å². The van der Waals surface area contributed by atoms with Crippen molar-refractivity contribution in [2.24, 2.45) is 0 Å². The average Bonchev–Trinajstić information content (AvgIpc) is 2.65. The Labute approximate surface area is 149 Å². The third-order valence-corrected chi connectivity index (χ3v) is 3.73. The van der Waals surface area contributed by atoms with Gasteiger partial charge in [-0.1, -0.05) is 30.3 Å². The average molecular weight is 351 g/mol. The second-order valence-electron chi connectivity index (χ2n) is 5.48. The topological polar surface area (TPSA) is 99.7 Å². The Morgan fingerprint density at radius 1 is 0.923 bits per heavy atom. The first kappa shape index (κ1) is 17.1. The summed E-state index contributed by atoms with van der Waals surface area (Å²) in [6.45, 7) is 0. The van der Waals surface area contributed by atoms with Crippen LogP contribution in [-0.2, 0) is 0 Å². The fraction of sp³-hybridized carbons (Fsp3) is 0.0526. The number of hydrogen-bond acceptors (Lipinski definition) is 4. The normalized spacial score (nSPS) is 10.2. The van der Waals surface area contributed by atoms with E-state index in [4.69, 9.17) is 4.74 Å². The van der Waals surface area contributed by atoms with Gasteiger partial charge in [-0.15, -0.1) is 0 Å². The summed E-state index contributed by atoms with van der Waals surface area (Å²) < 4.78 is 5.07. The molecule has 0 unspecified atom stereocenters. The first-order chi connectivity index (χ1) is 12.6. The monoisotopic (exact) mass is 351 g/mol. The molecule has 26 heavy (non-hydrogen) atoms. The maximum Gasteiger partial charge on any atom is 0.337 e. The summed E-state index contributed by atoms with van der Waals surface area (Å²) in [5.74, 6) is -0.210. The third-order valence-electron chi connectivity index (χ3n) is 3.73. The van der Waals surface area contributed by atoms with Gasteiger partial charge in [-0.2, -0.15) is 0 Å². The minimum atomic E-state index is -0.633. The van der Waals surface area contributed by atoms with E-state index >= 15 is 0 Å². The van der Waals surface area contributed by atoms with Crippen molar-refractivity contribution in [1.29, 1.82) is 0 Å². The predicted octanol–water partition coefficient (Wildman–Crippen LogP) is 3.02. The molecule has 0 aromatic heterocycles. The Morgan fingerprint density at radius 3 is 2.38 bits per heavy atom. The smallest absolute Gasteiger partial charge is 0.337 e. The number of methoxy groups -OCH3 is 1. The summed E-state index contributed by atoms with van der Waals surface area (Å²) in [4.78, 5) is 24.1. The number of phenolic OH excluding ortho intramolecular Hbond substituents is 1. The molecule has 0 aliphatic carbocycles. The van der Waals surface area contributed by atoms with Crippen LogP contribution >= 0.6 is 0 Å². The lowest BCUT2D eigenvalue weighted by atomic mass is 10.1. The Balaban J connectivity index is 1.64. The van der Waals surface area contributed by atoms with Crippen molar-refractivity contribution in [1.82, 2.24) is 10.9 Å². The van der Waals surface area contributed by atoms with E-state index < -0.39 is 11.9 Å². The fourth-order valence-corrected chi connectivity index (χ4v) is 2.45. The van der Waals surface area contributed by atoms with Crippen LogP contribution in [0.15, 0.2) is 60.7 Å². The Bertz CT molecular complexity index is 972. The lowest BCUT2D eigenvalue weighted by molar-refractivity contribution is 0.0935. The fourth-order valence-electron chi connectivity index (χ4n) is 2.45. The van der Waals surface area contributed by atoms with Crippen LogP contribution < -0.4 is 20.9 Å². The van der Waals surface area contributed by atoms with Gasteiger partial charge in [0.2, 0.25) is 0 Å². The van der Waals surface area contributed by atoms with Crippen molar-refractivity contribution in [3.63, 3.8) is 0 Å². The molecule has 7 nitrogen and oxygen atoms in total. The Morgan fingerprint density at radius 2 is 1.65 bits per heavy atom. The van der Waals surface area contributed by atoms with Crippen LogP contribution in [0.3, 0.4) is 0 Å². The number of phenols is 1. The lowest BCUT2D eigenvalue weighted by Crippen LogP contribution is -2.43. The molecule has 0 fully saturated rings. The second kappa shape index (κ2) is 7.43. The summed E-state index contributed by atoms with van der Waals surface area (Å²) in [7, 11) is 1.52. The molecule has 0 aliphatic rings. The summed E-state index contributed by atoms with van der Waals surface area (Å²) >= 11 is 0. The molecule has 0 spiro atoms. The molecule has 3 rings (SSSR count). The summed E-state index contributed by atoms with van der Waals surface area (Å²) in [5, 5.41) is 14.2. The minimum Gasteiger partial charge on any atom is -0.507 e. The van der Waals surface area contributed by atoms with Gasteiger partial charge in [-0.25, -0.2) is 10.2 Å². The third kappa shape index (κ3) is 3.84. The highest BCUT2D eigenvalue weighted by atomic mass is 16.5. The van der Waals surface area contributed by atoms with Gasteiger partial charge >= 0.3 is 6.03 Å². The first-order valence-electron chi connectivity index (χ1n) is 7.80. The van der Waals surface area contributed by atoms with Crippen molar-refractivity contribution < 1.29 is 19.4 Å². The van der Waals surface area contributed by atoms with E-state index in [0.717, 1.165) is 10.8 Å². The zero-order valence-electron chi connectivity index (χ0n) is 13.9. The van der Waals surface area contributed by atoms with Crippen molar-refractivity contribution in [3.8, 4) is 11.5 Å². The van der Waals surface area contributed by atoms with E-state index in [2.05, 4.69) is 16.2 Å². The number of rotatable bonds is 3. The van der Waals surface area contributed by atoms with E-state index in [1.165, 1.54) is 13.2 Å². The van der Waals surface area contributed by atoms with Gasteiger partial charge in [0.25, 0.3) is 5.91 Å². The molecule has 0 saturated heterocycles.